The molecule has 67 heavy (non-hydrogen) atoms. The quantitative estimate of drug-likeness (QED) is 0.0272. The van der Waals surface area contributed by atoms with Gasteiger partial charge in [-0.25, -0.2) is 0 Å². The molecule has 0 aromatic carbocycles. The summed E-state index contributed by atoms with van der Waals surface area (Å²) in [5.41, 5.74) is 0. The van der Waals surface area contributed by atoms with E-state index < -0.39 is 20.0 Å². The van der Waals surface area contributed by atoms with Gasteiger partial charge in [-0.15, -0.1) is 0 Å². The maximum absolute atomic E-state index is 12.9. The van der Waals surface area contributed by atoms with E-state index in [9.17, 15) is 19.4 Å². The molecule has 0 aliphatic carbocycles. The molecule has 0 aliphatic rings. The van der Waals surface area contributed by atoms with Crippen LogP contribution in [0.25, 0.3) is 0 Å². The molecule has 9 heteroatoms. The maximum Gasteiger partial charge on any atom is 0.268 e. The molecule has 3 atom stereocenters. The number of nitrogens with one attached hydrogen (secondary N) is 1. The number of aliphatic hydroxyl groups is 1. The van der Waals surface area contributed by atoms with Crippen LogP contribution in [0, 0.1) is 0 Å². The highest BCUT2D eigenvalue weighted by atomic mass is 31.2. The second-order valence-corrected chi connectivity index (χ2v) is 23.1. The number of allylic oxidation sites excluding steroid dienone is 2. The van der Waals surface area contributed by atoms with Gasteiger partial charge in [0.05, 0.1) is 39.9 Å². The van der Waals surface area contributed by atoms with Crippen LogP contribution < -0.4 is 10.2 Å². The zero-order valence-corrected chi connectivity index (χ0v) is 46.5. The fourth-order valence-corrected chi connectivity index (χ4v) is 9.82. The Kier molecular flexibility index (Phi) is 49.6. The van der Waals surface area contributed by atoms with Crippen molar-refractivity contribution in [2.24, 2.45) is 0 Å². The van der Waals surface area contributed by atoms with Gasteiger partial charge in [-0.3, -0.25) is 9.36 Å². The molecule has 0 fully saturated rings. The molecule has 0 rings (SSSR count). The molecule has 3 unspecified atom stereocenters. The lowest BCUT2D eigenvalue weighted by atomic mass is 10.0. The topological polar surface area (TPSA) is 108 Å². The van der Waals surface area contributed by atoms with Crippen LogP contribution in [0.15, 0.2) is 12.2 Å². The summed E-state index contributed by atoms with van der Waals surface area (Å²) in [7, 11) is 1.31. The largest absolute Gasteiger partial charge is 0.756 e. The lowest BCUT2D eigenvalue weighted by molar-refractivity contribution is -0.870. The maximum atomic E-state index is 12.9. The van der Waals surface area contributed by atoms with Crippen LogP contribution in [0.4, 0.5) is 0 Å². The molecule has 0 saturated heterocycles. The number of amides is 1. The molecule has 0 aromatic heterocycles. The number of aliphatic hydroxyl groups excluding tert-OH is 1. The highest BCUT2D eigenvalue weighted by Crippen LogP contribution is 2.38. The number of quaternary nitrogens is 1. The molecular formula is C58H117N2O6P. The van der Waals surface area contributed by atoms with E-state index in [1.165, 1.54) is 225 Å². The standard InChI is InChI=1S/C58H117N2O6P/c1-6-8-10-12-14-16-18-20-21-22-23-24-25-26-27-28-29-30-31-32-33-34-35-36-37-38-39-40-41-43-45-47-49-51-57(61)56(55-66-67(63,64)65-54-53-60(3,4)5)59-58(62)52-50-48-46-44-42-19-17-15-13-11-9-7-2/h15,17,56-57,61H,6-14,16,18-55H2,1-5H3,(H-,59,62,63,64)/b17-15-. The Morgan fingerprint density at radius 1 is 0.507 bits per heavy atom. The van der Waals surface area contributed by atoms with Gasteiger partial charge in [-0.05, 0) is 38.5 Å². The minimum atomic E-state index is -4.57. The van der Waals surface area contributed by atoms with Crippen LogP contribution in [0.1, 0.15) is 303 Å². The van der Waals surface area contributed by atoms with Crippen LogP contribution in [-0.2, 0) is 18.4 Å². The number of hydrogen-bond donors (Lipinski definition) is 2. The predicted octanol–water partition coefficient (Wildman–Crippen LogP) is 17.2. The van der Waals surface area contributed by atoms with Crippen molar-refractivity contribution in [3.8, 4) is 0 Å². The Morgan fingerprint density at radius 2 is 0.821 bits per heavy atom. The highest BCUT2D eigenvalue weighted by molar-refractivity contribution is 7.45. The van der Waals surface area contributed by atoms with E-state index in [-0.39, 0.29) is 19.1 Å². The predicted molar refractivity (Wildman–Crippen MR) is 289 cm³/mol. The lowest BCUT2D eigenvalue weighted by Gasteiger charge is -2.30. The molecule has 400 valence electrons. The van der Waals surface area contributed by atoms with Crippen LogP contribution in [0.2, 0.25) is 0 Å². The number of phosphoric acid groups is 1. The minimum absolute atomic E-state index is 0.0127. The van der Waals surface area contributed by atoms with Crippen LogP contribution >= 0.6 is 7.82 Å². The third kappa shape index (κ3) is 52.9. The van der Waals surface area contributed by atoms with Crippen molar-refractivity contribution in [3.63, 3.8) is 0 Å². The van der Waals surface area contributed by atoms with Crippen molar-refractivity contribution in [2.75, 3.05) is 40.9 Å². The van der Waals surface area contributed by atoms with E-state index in [1.54, 1.807) is 0 Å². The van der Waals surface area contributed by atoms with Gasteiger partial charge in [-0.1, -0.05) is 270 Å². The number of likely N-dealkylation sites (N-methyl/N-ethyl adjacent to an activating group) is 1. The number of carbonyl (C=O) groups excluding carboxylic acids is 1. The van der Waals surface area contributed by atoms with Gasteiger partial charge in [-0.2, -0.15) is 0 Å². The summed E-state index contributed by atoms with van der Waals surface area (Å²) in [5.74, 6) is -0.171. The van der Waals surface area contributed by atoms with Gasteiger partial charge in [0.15, 0.2) is 0 Å². The molecular weight excluding hydrogens is 852 g/mol. The first kappa shape index (κ1) is 66.2. The Morgan fingerprint density at radius 3 is 1.19 bits per heavy atom. The first-order chi connectivity index (χ1) is 32.5. The lowest BCUT2D eigenvalue weighted by Crippen LogP contribution is -2.46. The summed E-state index contributed by atoms with van der Waals surface area (Å²) in [6, 6.07) is -0.802. The van der Waals surface area contributed by atoms with E-state index in [4.69, 9.17) is 9.05 Å². The van der Waals surface area contributed by atoms with Crippen LogP contribution in [0.5, 0.6) is 0 Å². The first-order valence-electron chi connectivity index (χ1n) is 29.5. The number of rotatable bonds is 55. The zero-order valence-electron chi connectivity index (χ0n) is 45.6. The van der Waals surface area contributed by atoms with Gasteiger partial charge in [0.2, 0.25) is 5.91 Å². The molecule has 0 aromatic rings. The van der Waals surface area contributed by atoms with E-state index in [0.717, 1.165) is 51.4 Å². The van der Waals surface area contributed by atoms with Gasteiger partial charge in [0.25, 0.3) is 7.82 Å². The molecule has 0 aliphatic heterocycles. The van der Waals surface area contributed by atoms with Crippen molar-refractivity contribution >= 4 is 13.7 Å². The molecule has 1 amide bonds. The van der Waals surface area contributed by atoms with Crippen molar-refractivity contribution in [3.05, 3.63) is 12.2 Å². The normalized spacial score (nSPS) is 14.0. The second-order valence-electron chi connectivity index (χ2n) is 21.7. The van der Waals surface area contributed by atoms with E-state index in [0.29, 0.717) is 23.9 Å². The molecule has 2 N–H and O–H groups in total. The number of nitrogens with zero attached hydrogens (tertiary/aromatic N) is 1. The van der Waals surface area contributed by atoms with E-state index >= 15 is 0 Å². The molecule has 8 nitrogen and oxygen atoms in total. The van der Waals surface area contributed by atoms with E-state index in [1.807, 2.05) is 21.1 Å². The molecule has 0 saturated carbocycles. The third-order valence-corrected chi connectivity index (χ3v) is 14.7. The van der Waals surface area contributed by atoms with E-state index in [2.05, 4.69) is 31.3 Å². The van der Waals surface area contributed by atoms with Crippen LogP contribution in [-0.4, -0.2) is 68.5 Å². The first-order valence-corrected chi connectivity index (χ1v) is 31.0. The molecule has 0 heterocycles. The van der Waals surface area contributed by atoms with Crippen molar-refractivity contribution in [1.82, 2.24) is 5.32 Å². The zero-order chi connectivity index (χ0) is 49.2. The Hall–Kier alpha value is -0.760. The number of unbranched alkanes of at least 4 members (excludes halogenated alkanes) is 40. The number of hydrogen-bond acceptors (Lipinski definition) is 6. The molecule has 0 radical (unpaired) electrons. The summed E-state index contributed by atoms with van der Waals surface area (Å²) < 4.78 is 23.4. The Bertz CT molecular complexity index is 1100. The summed E-state index contributed by atoms with van der Waals surface area (Å²) in [6.07, 6.45) is 61.3. The minimum Gasteiger partial charge on any atom is -0.756 e. The van der Waals surface area contributed by atoms with Gasteiger partial charge in [0, 0.05) is 6.42 Å². The fourth-order valence-electron chi connectivity index (χ4n) is 9.10. The molecule has 0 bridgehead atoms. The molecule has 0 spiro atoms. The fraction of sp³-hybridized carbons (Fsp3) is 0.948. The summed E-state index contributed by atoms with van der Waals surface area (Å²) >= 11 is 0. The summed E-state index contributed by atoms with van der Waals surface area (Å²) in [5, 5.41) is 14.0. The van der Waals surface area contributed by atoms with Crippen molar-refractivity contribution in [2.45, 2.75) is 315 Å². The average Bonchev–Trinajstić information content (AvgIpc) is 3.29. The Labute approximate surface area is 418 Å². The SMILES string of the molecule is CCCCC/C=C\CCCCCCCC(=O)NC(COP(=O)([O-])OCC[N+](C)(C)C)C(O)CCCCCCCCCCCCCCCCCCCCCCCCCCCCCCCCCCC. The van der Waals surface area contributed by atoms with Crippen LogP contribution in [0.3, 0.4) is 0 Å². The number of phosphoric ester groups is 1. The average molecular weight is 970 g/mol. The summed E-state index contributed by atoms with van der Waals surface area (Å²) in [4.78, 5) is 25.4. The highest BCUT2D eigenvalue weighted by Gasteiger charge is 2.24. The monoisotopic (exact) mass is 969 g/mol. The van der Waals surface area contributed by atoms with Gasteiger partial charge < -0.3 is 28.8 Å². The number of carbonyl (C=O) groups is 1. The third-order valence-electron chi connectivity index (χ3n) is 13.8. The van der Waals surface area contributed by atoms with Gasteiger partial charge >= 0.3 is 0 Å². The van der Waals surface area contributed by atoms with Crippen molar-refractivity contribution < 1.29 is 32.9 Å². The summed E-state index contributed by atoms with van der Waals surface area (Å²) in [6.45, 7) is 4.72. The van der Waals surface area contributed by atoms with Gasteiger partial charge in [0.1, 0.15) is 13.2 Å². The van der Waals surface area contributed by atoms with Crippen molar-refractivity contribution in [1.29, 1.82) is 0 Å². The Balaban J connectivity index is 3.93. The second kappa shape index (κ2) is 50.2. The smallest absolute Gasteiger partial charge is 0.268 e.